The van der Waals surface area contributed by atoms with Gasteiger partial charge in [0.2, 0.25) is 0 Å². The van der Waals surface area contributed by atoms with E-state index in [4.69, 9.17) is 0 Å². The van der Waals surface area contributed by atoms with Gasteiger partial charge in [-0.05, 0) is 17.9 Å². The summed E-state index contributed by atoms with van der Waals surface area (Å²) in [6.45, 7) is 2.95. The van der Waals surface area contributed by atoms with Crippen LogP contribution in [0.1, 0.15) is 13.3 Å². The Morgan fingerprint density at radius 2 is 2.33 bits per heavy atom. The molecule has 0 N–H and O–H groups in total. The second kappa shape index (κ2) is 2.47. The Labute approximate surface area is 72.6 Å². The SMILES string of the molecule is CC1C=C2C(=O)N(C)CC2=CC1. The highest BCUT2D eigenvalue weighted by Crippen LogP contribution is 2.29. The van der Waals surface area contributed by atoms with Crippen LogP contribution in [0, 0.1) is 5.92 Å². The number of rotatable bonds is 0. The van der Waals surface area contributed by atoms with Gasteiger partial charge in [-0.15, -0.1) is 0 Å². The number of hydrogen-bond acceptors (Lipinski definition) is 1. The van der Waals surface area contributed by atoms with Crippen molar-refractivity contribution in [1.82, 2.24) is 4.90 Å². The standard InChI is InChI=1S/C10H13NO/c1-7-3-4-8-6-11(2)10(12)9(8)5-7/h4-5,7H,3,6H2,1-2H3. The number of carbonyl (C=O) groups is 1. The van der Waals surface area contributed by atoms with E-state index in [1.54, 1.807) is 4.90 Å². The Morgan fingerprint density at radius 3 is 3.08 bits per heavy atom. The Balaban J connectivity index is 2.37. The van der Waals surface area contributed by atoms with E-state index in [-0.39, 0.29) is 5.91 Å². The van der Waals surface area contributed by atoms with Crippen molar-refractivity contribution < 1.29 is 4.79 Å². The van der Waals surface area contributed by atoms with Crippen LogP contribution in [0.15, 0.2) is 23.3 Å². The van der Waals surface area contributed by atoms with E-state index in [9.17, 15) is 4.79 Å². The fourth-order valence-electron chi connectivity index (χ4n) is 1.79. The van der Waals surface area contributed by atoms with Crippen molar-refractivity contribution in [3.8, 4) is 0 Å². The molecule has 0 radical (unpaired) electrons. The van der Waals surface area contributed by atoms with Gasteiger partial charge in [-0.1, -0.05) is 19.1 Å². The minimum Gasteiger partial charge on any atom is -0.337 e. The minimum atomic E-state index is 0.188. The number of hydrogen-bond donors (Lipinski definition) is 0. The van der Waals surface area contributed by atoms with Crippen molar-refractivity contribution in [2.75, 3.05) is 13.6 Å². The van der Waals surface area contributed by atoms with Crippen molar-refractivity contribution in [2.24, 2.45) is 5.92 Å². The zero-order chi connectivity index (χ0) is 8.72. The van der Waals surface area contributed by atoms with Crippen molar-refractivity contribution in [3.63, 3.8) is 0 Å². The maximum absolute atomic E-state index is 11.5. The molecule has 0 saturated carbocycles. The molecule has 0 aromatic carbocycles. The molecule has 1 amide bonds. The third-order valence-corrected chi connectivity index (χ3v) is 2.52. The molecule has 1 fully saturated rings. The molecule has 1 saturated heterocycles. The van der Waals surface area contributed by atoms with Crippen LogP contribution in [0.4, 0.5) is 0 Å². The summed E-state index contributed by atoms with van der Waals surface area (Å²) in [6, 6.07) is 0. The van der Waals surface area contributed by atoms with Gasteiger partial charge in [0.1, 0.15) is 0 Å². The Kier molecular flexibility index (Phi) is 1.56. The van der Waals surface area contributed by atoms with Gasteiger partial charge in [-0.25, -0.2) is 0 Å². The largest absolute Gasteiger partial charge is 0.337 e. The summed E-state index contributed by atoms with van der Waals surface area (Å²) in [5.74, 6) is 0.715. The van der Waals surface area contributed by atoms with E-state index in [1.165, 1.54) is 5.57 Å². The molecule has 1 atom stereocenters. The average molecular weight is 163 g/mol. The molecule has 0 aromatic rings. The van der Waals surface area contributed by atoms with Crippen LogP contribution in [0.5, 0.6) is 0 Å². The fraction of sp³-hybridized carbons (Fsp3) is 0.500. The van der Waals surface area contributed by atoms with Crippen LogP contribution in [0.3, 0.4) is 0 Å². The van der Waals surface area contributed by atoms with E-state index >= 15 is 0 Å². The van der Waals surface area contributed by atoms with Crippen molar-refractivity contribution >= 4 is 5.91 Å². The van der Waals surface area contributed by atoms with Crippen molar-refractivity contribution in [3.05, 3.63) is 23.3 Å². The van der Waals surface area contributed by atoms with E-state index in [0.717, 1.165) is 18.5 Å². The monoisotopic (exact) mass is 163 g/mol. The summed E-state index contributed by atoms with van der Waals surface area (Å²) in [7, 11) is 1.85. The molecule has 64 valence electrons. The first-order chi connectivity index (χ1) is 5.68. The average Bonchev–Trinajstić information content (AvgIpc) is 2.31. The highest BCUT2D eigenvalue weighted by atomic mass is 16.2. The van der Waals surface area contributed by atoms with Gasteiger partial charge in [-0.3, -0.25) is 4.79 Å². The van der Waals surface area contributed by atoms with E-state index in [1.807, 2.05) is 7.05 Å². The molecule has 2 aliphatic rings. The summed E-state index contributed by atoms with van der Waals surface area (Å²) in [5.41, 5.74) is 2.16. The maximum atomic E-state index is 11.5. The van der Waals surface area contributed by atoms with Crippen LogP contribution in [0.2, 0.25) is 0 Å². The summed E-state index contributed by atoms with van der Waals surface area (Å²) >= 11 is 0. The number of carbonyl (C=O) groups excluding carboxylic acids is 1. The first kappa shape index (κ1) is 7.59. The van der Waals surface area contributed by atoms with Crippen LogP contribution < -0.4 is 0 Å². The zero-order valence-corrected chi connectivity index (χ0v) is 7.50. The topological polar surface area (TPSA) is 20.3 Å². The molecule has 2 nitrogen and oxygen atoms in total. The highest BCUT2D eigenvalue weighted by molar-refractivity contribution is 6.01. The molecule has 1 heterocycles. The predicted octanol–water partition coefficient (Wildman–Crippen LogP) is 1.35. The molecular formula is C10H13NO. The molecule has 12 heavy (non-hydrogen) atoms. The maximum Gasteiger partial charge on any atom is 0.253 e. The fourth-order valence-corrected chi connectivity index (χ4v) is 1.79. The van der Waals surface area contributed by atoms with Gasteiger partial charge in [0.15, 0.2) is 0 Å². The van der Waals surface area contributed by atoms with Gasteiger partial charge in [0.25, 0.3) is 5.91 Å². The van der Waals surface area contributed by atoms with Crippen molar-refractivity contribution in [1.29, 1.82) is 0 Å². The molecule has 1 unspecified atom stereocenters. The molecule has 0 spiro atoms. The molecule has 0 aromatic heterocycles. The number of allylic oxidation sites excluding steroid dienone is 2. The lowest BCUT2D eigenvalue weighted by Crippen LogP contribution is -2.19. The normalized spacial score (nSPS) is 28.3. The second-order valence-electron chi connectivity index (χ2n) is 3.68. The number of likely N-dealkylation sites (tertiary alicyclic amines) is 1. The summed E-state index contributed by atoms with van der Waals surface area (Å²) in [4.78, 5) is 13.3. The Morgan fingerprint density at radius 1 is 1.58 bits per heavy atom. The van der Waals surface area contributed by atoms with Crippen molar-refractivity contribution in [2.45, 2.75) is 13.3 Å². The summed E-state index contributed by atoms with van der Waals surface area (Å²) in [6.07, 6.45) is 5.38. The number of amides is 1. The first-order valence-electron chi connectivity index (χ1n) is 4.35. The third-order valence-electron chi connectivity index (χ3n) is 2.52. The van der Waals surface area contributed by atoms with Crippen LogP contribution >= 0.6 is 0 Å². The smallest absolute Gasteiger partial charge is 0.253 e. The minimum absolute atomic E-state index is 0.188. The van der Waals surface area contributed by atoms with Gasteiger partial charge in [0.05, 0.1) is 0 Å². The predicted molar refractivity (Wildman–Crippen MR) is 47.6 cm³/mol. The van der Waals surface area contributed by atoms with Gasteiger partial charge >= 0.3 is 0 Å². The molecule has 0 bridgehead atoms. The van der Waals surface area contributed by atoms with E-state index in [2.05, 4.69) is 19.1 Å². The van der Waals surface area contributed by atoms with Gasteiger partial charge in [0, 0.05) is 19.2 Å². The quantitative estimate of drug-likeness (QED) is 0.528. The van der Waals surface area contributed by atoms with E-state index in [0.29, 0.717) is 5.92 Å². The summed E-state index contributed by atoms with van der Waals surface area (Å²) in [5, 5.41) is 0. The Hall–Kier alpha value is -1.05. The zero-order valence-electron chi connectivity index (χ0n) is 7.50. The Bertz CT molecular complexity index is 288. The molecule has 2 rings (SSSR count). The highest BCUT2D eigenvalue weighted by Gasteiger charge is 2.29. The molecule has 1 aliphatic heterocycles. The first-order valence-corrected chi connectivity index (χ1v) is 4.35. The molecular weight excluding hydrogens is 150 g/mol. The lowest BCUT2D eigenvalue weighted by Gasteiger charge is -2.10. The summed E-state index contributed by atoms with van der Waals surface area (Å²) < 4.78 is 0. The van der Waals surface area contributed by atoms with E-state index < -0.39 is 0 Å². The lowest BCUT2D eigenvalue weighted by atomic mass is 9.93. The lowest BCUT2D eigenvalue weighted by molar-refractivity contribution is -0.123. The molecule has 2 heteroatoms. The van der Waals surface area contributed by atoms with Gasteiger partial charge < -0.3 is 4.90 Å². The van der Waals surface area contributed by atoms with Crippen LogP contribution in [-0.2, 0) is 4.79 Å². The second-order valence-corrected chi connectivity index (χ2v) is 3.68. The third kappa shape index (κ3) is 0.986. The van der Waals surface area contributed by atoms with Crippen LogP contribution in [-0.4, -0.2) is 24.4 Å². The number of fused-ring (bicyclic) bond motifs is 1. The number of likely N-dealkylation sites (N-methyl/N-ethyl adjacent to an activating group) is 1. The van der Waals surface area contributed by atoms with Gasteiger partial charge in [-0.2, -0.15) is 0 Å². The van der Waals surface area contributed by atoms with Crippen LogP contribution in [0.25, 0.3) is 0 Å². The molecule has 1 aliphatic carbocycles. The number of nitrogens with zero attached hydrogens (tertiary/aromatic N) is 1.